The van der Waals surface area contributed by atoms with E-state index in [-0.39, 0.29) is 28.1 Å². The first-order valence-electron chi connectivity index (χ1n) is 10.2. The molecule has 0 bridgehead atoms. The number of carbonyl (C=O) groups excluding carboxylic acids is 1. The van der Waals surface area contributed by atoms with Crippen molar-refractivity contribution >= 4 is 33.2 Å². The van der Waals surface area contributed by atoms with E-state index in [2.05, 4.69) is 22.1 Å². The van der Waals surface area contributed by atoms with Gasteiger partial charge in [0.1, 0.15) is 23.1 Å². The second kappa shape index (κ2) is 11.2. The summed E-state index contributed by atoms with van der Waals surface area (Å²) in [5, 5.41) is 11.4. The van der Waals surface area contributed by atoms with Gasteiger partial charge in [0.2, 0.25) is 5.91 Å². The van der Waals surface area contributed by atoms with Gasteiger partial charge in [0.15, 0.2) is 15.0 Å². The van der Waals surface area contributed by atoms with Gasteiger partial charge in [-0.1, -0.05) is 35.5 Å². The highest BCUT2D eigenvalue weighted by atomic mass is 32.2. The van der Waals surface area contributed by atoms with E-state index in [0.717, 1.165) is 17.3 Å². The van der Waals surface area contributed by atoms with Gasteiger partial charge in [0.05, 0.1) is 30.6 Å². The number of methoxy groups -OCH3 is 2. The number of rotatable bonds is 11. The van der Waals surface area contributed by atoms with Gasteiger partial charge >= 0.3 is 0 Å². The SMILES string of the molecule is C=CCn1c(CS(=O)(=O)c2ccc(C)cc2)nnc1SCC(=O)Nc1ccc(OC)cc1OC. The number of aryl methyl sites for hydroxylation is 1. The minimum atomic E-state index is -3.61. The van der Waals surface area contributed by atoms with Crippen LogP contribution in [0.1, 0.15) is 11.4 Å². The minimum absolute atomic E-state index is 0.0369. The van der Waals surface area contributed by atoms with Crippen LogP contribution in [0.25, 0.3) is 0 Å². The zero-order valence-corrected chi connectivity index (χ0v) is 20.8. The summed E-state index contributed by atoms with van der Waals surface area (Å²) in [5.41, 5.74) is 1.48. The van der Waals surface area contributed by atoms with Crippen LogP contribution in [-0.2, 0) is 26.9 Å². The molecular formula is C23H26N4O5S2. The molecule has 0 saturated carbocycles. The number of amides is 1. The lowest BCUT2D eigenvalue weighted by molar-refractivity contribution is -0.113. The molecule has 0 atom stereocenters. The number of hydrogen-bond acceptors (Lipinski definition) is 8. The van der Waals surface area contributed by atoms with Gasteiger partial charge in [-0.2, -0.15) is 0 Å². The summed E-state index contributed by atoms with van der Waals surface area (Å²) in [6, 6.07) is 11.7. The predicted molar refractivity (Wildman–Crippen MR) is 131 cm³/mol. The van der Waals surface area contributed by atoms with E-state index in [1.165, 1.54) is 7.11 Å². The van der Waals surface area contributed by atoms with Gasteiger partial charge in [0, 0.05) is 12.6 Å². The molecule has 0 aliphatic heterocycles. The standard InChI is InChI=1S/C23H26N4O5S2/c1-5-12-27-21(15-34(29,30)18-9-6-16(2)7-10-18)25-26-23(27)33-14-22(28)24-19-11-8-17(31-3)13-20(19)32-4/h5-11,13H,1,12,14-15H2,2-4H3,(H,24,28). The third-order valence-electron chi connectivity index (χ3n) is 4.82. The maximum atomic E-state index is 12.9. The summed E-state index contributed by atoms with van der Waals surface area (Å²) in [6.07, 6.45) is 1.62. The summed E-state index contributed by atoms with van der Waals surface area (Å²) in [6.45, 7) is 5.93. The Labute approximate surface area is 203 Å². The first kappa shape index (κ1) is 25.3. The number of hydrogen-bond donors (Lipinski definition) is 1. The number of anilines is 1. The second-order valence-electron chi connectivity index (χ2n) is 7.27. The molecule has 0 fully saturated rings. The molecule has 2 aromatic carbocycles. The summed E-state index contributed by atoms with van der Waals surface area (Å²) >= 11 is 1.15. The van der Waals surface area contributed by atoms with Crippen LogP contribution in [0.15, 0.2) is 65.2 Å². The quantitative estimate of drug-likeness (QED) is 0.313. The number of allylic oxidation sites excluding steroid dienone is 1. The van der Waals surface area contributed by atoms with Crippen molar-refractivity contribution in [2.75, 3.05) is 25.3 Å². The maximum Gasteiger partial charge on any atom is 0.234 e. The van der Waals surface area contributed by atoms with Crippen LogP contribution >= 0.6 is 11.8 Å². The van der Waals surface area contributed by atoms with Crippen molar-refractivity contribution in [3.63, 3.8) is 0 Å². The second-order valence-corrected chi connectivity index (χ2v) is 10.2. The van der Waals surface area contributed by atoms with E-state index in [1.54, 1.807) is 60.2 Å². The maximum absolute atomic E-state index is 12.9. The van der Waals surface area contributed by atoms with Crippen molar-refractivity contribution in [1.29, 1.82) is 0 Å². The first-order valence-corrected chi connectivity index (χ1v) is 12.9. The molecule has 1 amide bonds. The largest absolute Gasteiger partial charge is 0.497 e. The van der Waals surface area contributed by atoms with E-state index >= 15 is 0 Å². The average molecular weight is 503 g/mol. The third-order valence-corrected chi connectivity index (χ3v) is 7.41. The monoisotopic (exact) mass is 502 g/mol. The number of sulfone groups is 1. The van der Waals surface area contributed by atoms with E-state index < -0.39 is 9.84 Å². The Hall–Kier alpha value is -3.31. The topological polar surface area (TPSA) is 112 Å². The Morgan fingerprint density at radius 2 is 1.88 bits per heavy atom. The fraction of sp³-hybridized carbons (Fsp3) is 0.261. The van der Waals surface area contributed by atoms with Gasteiger partial charge in [-0.3, -0.25) is 4.79 Å². The Kier molecular flexibility index (Phi) is 8.35. The number of nitrogens with one attached hydrogen (secondary N) is 1. The van der Waals surface area contributed by atoms with Crippen molar-refractivity contribution < 1.29 is 22.7 Å². The number of benzene rings is 2. The molecule has 34 heavy (non-hydrogen) atoms. The predicted octanol–water partition coefficient (Wildman–Crippen LogP) is 3.49. The minimum Gasteiger partial charge on any atom is -0.497 e. The van der Waals surface area contributed by atoms with Crippen LogP contribution in [0, 0.1) is 6.92 Å². The van der Waals surface area contributed by atoms with Gasteiger partial charge < -0.3 is 19.4 Å². The van der Waals surface area contributed by atoms with E-state index in [1.807, 2.05) is 6.92 Å². The summed E-state index contributed by atoms with van der Waals surface area (Å²) < 4.78 is 37.8. The highest BCUT2D eigenvalue weighted by Gasteiger charge is 2.22. The molecule has 0 spiro atoms. The molecule has 9 nitrogen and oxygen atoms in total. The average Bonchev–Trinajstić information content (AvgIpc) is 3.19. The summed E-state index contributed by atoms with van der Waals surface area (Å²) in [4.78, 5) is 12.7. The zero-order chi connectivity index (χ0) is 24.7. The Bertz CT molecular complexity index is 1270. The number of carbonyl (C=O) groups is 1. The molecule has 0 saturated heterocycles. The number of aromatic nitrogens is 3. The van der Waals surface area contributed by atoms with E-state index in [0.29, 0.717) is 28.9 Å². The van der Waals surface area contributed by atoms with Crippen LogP contribution in [0.4, 0.5) is 5.69 Å². The Balaban J connectivity index is 1.71. The van der Waals surface area contributed by atoms with Crippen molar-refractivity contribution in [2.24, 2.45) is 0 Å². The van der Waals surface area contributed by atoms with E-state index in [9.17, 15) is 13.2 Å². The lowest BCUT2D eigenvalue weighted by atomic mass is 10.2. The van der Waals surface area contributed by atoms with Crippen molar-refractivity contribution in [3.05, 3.63) is 66.5 Å². The first-order chi connectivity index (χ1) is 16.3. The van der Waals surface area contributed by atoms with Crippen molar-refractivity contribution in [2.45, 2.75) is 29.3 Å². The Morgan fingerprint density at radius 3 is 2.53 bits per heavy atom. The van der Waals surface area contributed by atoms with Gasteiger partial charge in [0.25, 0.3) is 0 Å². The molecule has 0 radical (unpaired) electrons. The van der Waals surface area contributed by atoms with Gasteiger partial charge in [-0.15, -0.1) is 16.8 Å². The lowest BCUT2D eigenvalue weighted by Crippen LogP contribution is -2.16. The van der Waals surface area contributed by atoms with Crippen molar-refractivity contribution in [3.8, 4) is 11.5 Å². The number of ether oxygens (including phenoxy) is 2. The zero-order valence-electron chi connectivity index (χ0n) is 19.1. The number of nitrogens with zero attached hydrogens (tertiary/aromatic N) is 3. The molecular weight excluding hydrogens is 476 g/mol. The molecule has 0 unspecified atom stereocenters. The van der Waals surface area contributed by atoms with Gasteiger partial charge in [-0.25, -0.2) is 8.42 Å². The van der Waals surface area contributed by atoms with Crippen LogP contribution in [-0.4, -0.2) is 49.1 Å². The lowest BCUT2D eigenvalue weighted by Gasteiger charge is -2.12. The molecule has 0 aliphatic carbocycles. The molecule has 3 aromatic rings. The van der Waals surface area contributed by atoms with Crippen LogP contribution in [0.3, 0.4) is 0 Å². The number of thioether (sulfide) groups is 1. The summed E-state index contributed by atoms with van der Waals surface area (Å²) in [7, 11) is -0.565. The summed E-state index contributed by atoms with van der Waals surface area (Å²) in [5.74, 6) is 0.795. The van der Waals surface area contributed by atoms with Crippen LogP contribution < -0.4 is 14.8 Å². The highest BCUT2D eigenvalue weighted by molar-refractivity contribution is 7.99. The normalized spacial score (nSPS) is 11.1. The van der Waals surface area contributed by atoms with E-state index in [4.69, 9.17) is 9.47 Å². The highest BCUT2D eigenvalue weighted by Crippen LogP contribution is 2.29. The molecule has 1 heterocycles. The fourth-order valence-electron chi connectivity index (χ4n) is 3.06. The molecule has 3 rings (SSSR count). The van der Waals surface area contributed by atoms with Crippen molar-refractivity contribution in [1.82, 2.24) is 14.8 Å². The molecule has 1 N–H and O–H groups in total. The third kappa shape index (κ3) is 6.17. The smallest absolute Gasteiger partial charge is 0.234 e. The molecule has 0 aliphatic rings. The fourth-order valence-corrected chi connectivity index (χ4v) is 5.10. The molecule has 1 aromatic heterocycles. The molecule has 11 heteroatoms. The molecule has 180 valence electrons. The Morgan fingerprint density at radius 1 is 1.15 bits per heavy atom. The van der Waals surface area contributed by atoms with Crippen LogP contribution in [0.2, 0.25) is 0 Å². The van der Waals surface area contributed by atoms with Crippen LogP contribution in [0.5, 0.6) is 11.5 Å². The van der Waals surface area contributed by atoms with Gasteiger partial charge in [-0.05, 0) is 31.2 Å².